The summed E-state index contributed by atoms with van der Waals surface area (Å²) >= 11 is 0. The third kappa shape index (κ3) is 6.66. The second kappa shape index (κ2) is 13.8. The minimum atomic E-state index is 0.260. The lowest BCUT2D eigenvalue weighted by Crippen LogP contribution is -2.06. The first-order valence-corrected chi connectivity index (χ1v) is 17.4. The van der Waals surface area contributed by atoms with E-state index in [2.05, 4.69) is 0 Å². The fourth-order valence-electron chi connectivity index (χ4n) is 7.64. The SMILES string of the molecule is Cc1cc(Cc2cc(C)c(O)c(Cc3c(C)cc(O)c(C)c3C)c2C)c(O)c(Cc2cc(C)c(O)c(Cc3c(C)cc(O)c(C)c3C)c2C)c1. The van der Waals surface area contributed by atoms with Gasteiger partial charge in [-0.2, -0.15) is 0 Å². The van der Waals surface area contributed by atoms with E-state index in [0.29, 0.717) is 25.7 Å². The summed E-state index contributed by atoms with van der Waals surface area (Å²) in [5.74, 6) is 1.40. The average molecular weight is 673 g/mol. The topological polar surface area (TPSA) is 101 Å². The molecule has 5 rings (SSSR count). The molecule has 5 aromatic carbocycles. The molecule has 5 nitrogen and oxygen atoms in total. The minimum Gasteiger partial charge on any atom is -0.508 e. The van der Waals surface area contributed by atoms with Gasteiger partial charge in [0.2, 0.25) is 0 Å². The van der Waals surface area contributed by atoms with E-state index in [0.717, 1.165) is 106 Å². The molecule has 0 aliphatic heterocycles. The molecule has 5 heteroatoms. The average Bonchev–Trinajstić information content (AvgIpc) is 3.05. The zero-order valence-electron chi connectivity index (χ0n) is 31.5. The van der Waals surface area contributed by atoms with E-state index in [4.69, 9.17) is 0 Å². The van der Waals surface area contributed by atoms with E-state index < -0.39 is 0 Å². The molecule has 0 heterocycles. The molecule has 0 saturated carbocycles. The van der Waals surface area contributed by atoms with Crippen LogP contribution in [0.3, 0.4) is 0 Å². The molecule has 5 N–H and O–H groups in total. The number of phenols is 5. The predicted octanol–water partition coefficient (Wildman–Crippen LogP) is 9.97. The van der Waals surface area contributed by atoms with Gasteiger partial charge in [0, 0.05) is 36.8 Å². The van der Waals surface area contributed by atoms with Gasteiger partial charge in [0.15, 0.2) is 0 Å². The Balaban J connectivity index is 1.52. The molecule has 5 aromatic rings. The molecule has 262 valence electrons. The summed E-state index contributed by atoms with van der Waals surface area (Å²) < 4.78 is 0. The lowest BCUT2D eigenvalue weighted by atomic mass is 9.85. The van der Waals surface area contributed by atoms with E-state index in [1.807, 2.05) is 100 Å². The van der Waals surface area contributed by atoms with Crippen molar-refractivity contribution in [3.63, 3.8) is 0 Å². The second-order valence-corrected chi connectivity index (χ2v) is 14.6. The number of hydrogen-bond acceptors (Lipinski definition) is 5. The van der Waals surface area contributed by atoms with Crippen LogP contribution < -0.4 is 0 Å². The van der Waals surface area contributed by atoms with Gasteiger partial charge in [-0.1, -0.05) is 29.8 Å². The zero-order valence-corrected chi connectivity index (χ0v) is 31.5. The molecule has 0 unspecified atom stereocenters. The Morgan fingerprint density at radius 2 is 0.680 bits per heavy atom. The number of benzene rings is 5. The maximum atomic E-state index is 11.8. The molecular weight excluding hydrogens is 620 g/mol. The number of aromatic hydroxyl groups is 5. The number of rotatable bonds is 8. The summed E-state index contributed by atoms with van der Waals surface area (Å²) in [6.07, 6.45) is 2.09. The normalized spacial score (nSPS) is 11.4. The maximum absolute atomic E-state index is 11.8. The highest BCUT2D eigenvalue weighted by Gasteiger charge is 2.21. The van der Waals surface area contributed by atoms with E-state index >= 15 is 0 Å². The van der Waals surface area contributed by atoms with Crippen LogP contribution in [0, 0.1) is 76.2 Å². The van der Waals surface area contributed by atoms with Crippen LogP contribution in [0.4, 0.5) is 0 Å². The number of aryl methyl sites for hydroxylation is 5. The Morgan fingerprint density at radius 1 is 0.320 bits per heavy atom. The summed E-state index contributed by atoms with van der Waals surface area (Å²) in [4.78, 5) is 0. The van der Waals surface area contributed by atoms with Crippen LogP contribution in [-0.2, 0) is 25.7 Å². The van der Waals surface area contributed by atoms with E-state index in [9.17, 15) is 25.5 Å². The minimum absolute atomic E-state index is 0.260. The first kappa shape index (κ1) is 36.4. The van der Waals surface area contributed by atoms with Crippen LogP contribution in [0.15, 0.2) is 36.4 Å². The van der Waals surface area contributed by atoms with Gasteiger partial charge in [0.05, 0.1) is 0 Å². The molecule has 0 spiro atoms. The largest absolute Gasteiger partial charge is 0.508 e. The Bertz CT molecular complexity index is 2020. The second-order valence-electron chi connectivity index (χ2n) is 14.6. The third-order valence-corrected chi connectivity index (χ3v) is 11.3. The van der Waals surface area contributed by atoms with Gasteiger partial charge in [-0.25, -0.2) is 0 Å². The highest BCUT2D eigenvalue weighted by molar-refractivity contribution is 5.59. The van der Waals surface area contributed by atoms with Gasteiger partial charge in [-0.3, -0.25) is 0 Å². The van der Waals surface area contributed by atoms with Crippen LogP contribution in [0.2, 0.25) is 0 Å². The van der Waals surface area contributed by atoms with Crippen molar-refractivity contribution in [1.29, 1.82) is 0 Å². The zero-order chi connectivity index (χ0) is 36.9. The molecule has 0 aromatic heterocycles. The van der Waals surface area contributed by atoms with E-state index in [1.165, 1.54) is 0 Å². The molecule has 0 bridgehead atoms. The van der Waals surface area contributed by atoms with Crippen LogP contribution in [0.5, 0.6) is 28.7 Å². The summed E-state index contributed by atoms with van der Waals surface area (Å²) in [5.41, 5.74) is 18.0. The number of hydrogen-bond donors (Lipinski definition) is 5. The Labute approximate surface area is 297 Å². The van der Waals surface area contributed by atoms with Crippen molar-refractivity contribution in [2.75, 3.05) is 0 Å². The Morgan fingerprint density at radius 3 is 1.04 bits per heavy atom. The summed E-state index contributed by atoms with van der Waals surface area (Å²) in [6, 6.07) is 11.7. The van der Waals surface area contributed by atoms with Gasteiger partial charge in [0.25, 0.3) is 0 Å². The van der Waals surface area contributed by atoms with Gasteiger partial charge < -0.3 is 25.5 Å². The van der Waals surface area contributed by atoms with Crippen molar-refractivity contribution in [3.05, 3.63) is 142 Å². The van der Waals surface area contributed by atoms with Crippen molar-refractivity contribution in [3.8, 4) is 28.7 Å². The highest BCUT2D eigenvalue weighted by Crippen LogP contribution is 2.39. The molecular formula is C45H52O5. The summed E-state index contributed by atoms with van der Waals surface area (Å²) in [7, 11) is 0. The molecule has 0 radical (unpaired) electrons. The van der Waals surface area contributed by atoms with Crippen LogP contribution in [-0.4, -0.2) is 25.5 Å². The van der Waals surface area contributed by atoms with Crippen LogP contribution in [0.25, 0.3) is 0 Å². The van der Waals surface area contributed by atoms with Gasteiger partial charge in [-0.15, -0.1) is 0 Å². The van der Waals surface area contributed by atoms with Gasteiger partial charge >= 0.3 is 0 Å². The van der Waals surface area contributed by atoms with E-state index in [1.54, 1.807) is 12.1 Å². The van der Waals surface area contributed by atoms with Crippen molar-refractivity contribution in [2.24, 2.45) is 0 Å². The first-order valence-electron chi connectivity index (χ1n) is 17.4. The molecule has 0 amide bonds. The Hall–Kier alpha value is -4.90. The van der Waals surface area contributed by atoms with E-state index in [-0.39, 0.29) is 28.7 Å². The van der Waals surface area contributed by atoms with Crippen molar-refractivity contribution >= 4 is 0 Å². The quantitative estimate of drug-likeness (QED) is 0.113. The van der Waals surface area contributed by atoms with Crippen LogP contribution >= 0.6 is 0 Å². The van der Waals surface area contributed by atoms with Crippen molar-refractivity contribution < 1.29 is 25.5 Å². The first-order chi connectivity index (χ1) is 23.4. The third-order valence-electron chi connectivity index (χ3n) is 11.3. The molecule has 0 aliphatic rings. The van der Waals surface area contributed by atoms with Crippen molar-refractivity contribution in [1.82, 2.24) is 0 Å². The number of phenolic OH excluding ortho intramolecular Hbond substituents is 5. The fraction of sp³-hybridized carbons (Fsp3) is 0.333. The van der Waals surface area contributed by atoms with Gasteiger partial charge in [0.1, 0.15) is 28.7 Å². The van der Waals surface area contributed by atoms with Gasteiger partial charge in [-0.05, 0) is 177 Å². The Kier molecular flexibility index (Phi) is 10.0. The van der Waals surface area contributed by atoms with Crippen LogP contribution in [0.1, 0.15) is 106 Å². The lowest BCUT2D eigenvalue weighted by molar-refractivity contribution is 0.462. The summed E-state index contributed by atoms with van der Waals surface area (Å²) in [6.45, 7) is 21.8. The molecule has 0 saturated heterocycles. The van der Waals surface area contributed by atoms with Crippen molar-refractivity contribution in [2.45, 2.75) is 102 Å². The fourth-order valence-corrected chi connectivity index (χ4v) is 7.64. The standard InChI is InChI=1S/C45H52O5/c1-22-12-35(18-33-14-25(4)43(48)39(31(33)10)20-37-23(2)16-41(46)29(8)27(37)6)45(50)36(13-22)19-34-15-26(5)44(49)40(32(34)11)21-38-24(3)17-42(47)30(9)28(38)7/h12-17,46-50H,18-21H2,1-11H3. The molecule has 50 heavy (non-hydrogen) atoms. The predicted molar refractivity (Wildman–Crippen MR) is 204 cm³/mol. The maximum Gasteiger partial charge on any atom is 0.122 e. The highest BCUT2D eigenvalue weighted by atomic mass is 16.3. The molecule has 0 fully saturated rings. The monoisotopic (exact) mass is 672 g/mol. The lowest BCUT2D eigenvalue weighted by Gasteiger charge is -2.21. The molecule has 0 aliphatic carbocycles. The summed E-state index contributed by atoms with van der Waals surface area (Å²) in [5, 5.41) is 55.0. The smallest absolute Gasteiger partial charge is 0.122 e. The molecule has 0 atom stereocenters.